The van der Waals surface area contributed by atoms with Gasteiger partial charge in [-0.1, -0.05) is 18.2 Å². The summed E-state index contributed by atoms with van der Waals surface area (Å²) < 4.78 is 27.5. The highest BCUT2D eigenvalue weighted by Crippen LogP contribution is 2.29. The summed E-state index contributed by atoms with van der Waals surface area (Å²) in [5.41, 5.74) is 0.530. The molecule has 0 spiro atoms. The summed E-state index contributed by atoms with van der Waals surface area (Å²) in [5, 5.41) is 0. The smallest absolute Gasteiger partial charge is 0.271 e. The Balaban J connectivity index is 1.70. The van der Waals surface area contributed by atoms with E-state index in [9.17, 15) is 4.39 Å². The Morgan fingerprint density at radius 2 is 2.00 bits per heavy atom. The van der Waals surface area contributed by atoms with Gasteiger partial charge in [0.2, 0.25) is 5.82 Å². The zero-order valence-electron chi connectivity index (χ0n) is 10.4. The Morgan fingerprint density at radius 1 is 1.21 bits per heavy atom. The predicted molar refractivity (Wildman–Crippen MR) is 72.1 cm³/mol. The summed E-state index contributed by atoms with van der Waals surface area (Å²) >= 11 is 1.13. The van der Waals surface area contributed by atoms with E-state index >= 15 is 0 Å². The highest BCUT2D eigenvalue weighted by molar-refractivity contribution is 6.99. The number of anilines is 1. The third-order valence-corrected chi connectivity index (χ3v) is 3.67. The molecule has 19 heavy (non-hydrogen) atoms. The second-order valence-electron chi connectivity index (χ2n) is 4.47. The molecular weight excluding hydrogens is 265 g/mol. The first-order valence-corrected chi connectivity index (χ1v) is 7.01. The van der Waals surface area contributed by atoms with Gasteiger partial charge < -0.3 is 9.64 Å². The molecule has 100 valence electrons. The van der Waals surface area contributed by atoms with E-state index in [2.05, 4.69) is 13.6 Å². The fourth-order valence-electron chi connectivity index (χ4n) is 2.15. The summed E-state index contributed by atoms with van der Waals surface area (Å²) in [7, 11) is 0. The first-order chi connectivity index (χ1) is 9.34. The van der Waals surface area contributed by atoms with Crippen molar-refractivity contribution in [3.05, 3.63) is 35.6 Å². The lowest BCUT2D eigenvalue weighted by Crippen LogP contribution is -2.18. The second-order valence-corrected chi connectivity index (χ2v) is 5.00. The molecule has 4 nitrogen and oxygen atoms in total. The largest absolute Gasteiger partial charge is 0.469 e. The number of hydrogen-bond donors (Lipinski definition) is 0. The number of aromatic nitrogens is 2. The van der Waals surface area contributed by atoms with Crippen LogP contribution in [-0.4, -0.2) is 21.8 Å². The molecule has 1 aromatic heterocycles. The van der Waals surface area contributed by atoms with Gasteiger partial charge in [0, 0.05) is 18.7 Å². The lowest BCUT2D eigenvalue weighted by Gasteiger charge is -2.15. The third kappa shape index (κ3) is 2.68. The van der Waals surface area contributed by atoms with Gasteiger partial charge in [0.1, 0.15) is 12.4 Å². The Bertz CT molecular complexity index is 554. The second kappa shape index (κ2) is 5.52. The van der Waals surface area contributed by atoms with E-state index in [1.54, 1.807) is 18.2 Å². The van der Waals surface area contributed by atoms with Gasteiger partial charge in [0.05, 0.1) is 11.7 Å². The normalized spacial score (nSPS) is 14.9. The maximum Gasteiger partial charge on any atom is 0.271 e. The van der Waals surface area contributed by atoms with Crippen LogP contribution in [0.3, 0.4) is 0 Å². The number of hydrogen-bond acceptors (Lipinski definition) is 5. The van der Waals surface area contributed by atoms with Gasteiger partial charge in [0.15, 0.2) is 0 Å². The highest BCUT2D eigenvalue weighted by atomic mass is 32.1. The molecule has 1 saturated heterocycles. The molecule has 1 aliphatic rings. The summed E-state index contributed by atoms with van der Waals surface area (Å²) in [4.78, 5) is 2.17. The van der Waals surface area contributed by atoms with Crippen LogP contribution in [0.5, 0.6) is 5.88 Å². The Hall–Kier alpha value is -1.69. The van der Waals surface area contributed by atoms with Crippen molar-refractivity contribution >= 4 is 17.5 Å². The van der Waals surface area contributed by atoms with Crippen molar-refractivity contribution in [1.82, 2.24) is 8.75 Å². The van der Waals surface area contributed by atoms with E-state index < -0.39 is 0 Å². The molecule has 0 saturated carbocycles. The molecule has 0 unspecified atom stereocenters. The van der Waals surface area contributed by atoms with Crippen LogP contribution in [0.2, 0.25) is 0 Å². The van der Waals surface area contributed by atoms with Crippen molar-refractivity contribution in [3.63, 3.8) is 0 Å². The molecule has 1 aromatic carbocycles. The summed E-state index contributed by atoms with van der Waals surface area (Å²) in [5.74, 6) is 1.04. The van der Waals surface area contributed by atoms with Crippen LogP contribution in [0.4, 0.5) is 10.2 Å². The van der Waals surface area contributed by atoms with Gasteiger partial charge in [-0.25, -0.2) is 4.39 Å². The lowest BCUT2D eigenvalue weighted by molar-refractivity contribution is 0.291. The van der Waals surface area contributed by atoms with Crippen LogP contribution >= 0.6 is 11.7 Å². The Labute approximate surface area is 115 Å². The molecule has 0 N–H and O–H groups in total. The summed E-state index contributed by atoms with van der Waals surface area (Å²) in [6, 6.07) is 6.60. The van der Waals surface area contributed by atoms with Crippen LogP contribution in [0.15, 0.2) is 24.3 Å². The van der Waals surface area contributed by atoms with Crippen LogP contribution in [-0.2, 0) is 6.61 Å². The van der Waals surface area contributed by atoms with E-state index in [1.807, 2.05) is 0 Å². The summed E-state index contributed by atoms with van der Waals surface area (Å²) in [6.45, 7) is 2.15. The molecular formula is C13H14FN3OS. The topological polar surface area (TPSA) is 38.3 Å². The Morgan fingerprint density at radius 3 is 2.79 bits per heavy atom. The highest BCUT2D eigenvalue weighted by Gasteiger charge is 2.20. The van der Waals surface area contributed by atoms with Gasteiger partial charge in [-0.2, -0.15) is 4.37 Å². The van der Waals surface area contributed by atoms with Crippen molar-refractivity contribution in [2.45, 2.75) is 19.4 Å². The number of ether oxygens (including phenoxy) is 1. The van der Waals surface area contributed by atoms with Crippen molar-refractivity contribution in [2.24, 2.45) is 0 Å². The average Bonchev–Trinajstić information content (AvgIpc) is 3.08. The number of rotatable bonds is 4. The monoisotopic (exact) mass is 279 g/mol. The lowest BCUT2D eigenvalue weighted by atomic mass is 10.2. The van der Waals surface area contributed by atoms with E-state index in [0.29, 0.717) is 11.4 Å². The fourth-order valence-corrected chi connectivity index (χ4v) is 2.67. The van der Waals surface area contributed by atoms with Crippen LogP contribution in [0.1, 0.15) is 18.4 Å². The molecule has 2 heterocycles. The molecule has 2 aromatic rings. The minimum atomic E-state index is -0.256. The maximum absolute atomic E-state index is 13.5. The van der Waals surface area contributed by atoms with Gasteiger partial charge in [-0.15, -0.1) is 4.37 Å². The molecule has 0 radical (unpaired) electrons. The molecule has 6 heteroatoms. The first kappa shape index (κ1) is 12.3. The van der Waals surface area contributed by atoms with Crippen LogP contribution in [0.25, 0.3) is 0 Å². The van der Waals surface area contributed by atoms with Crippen molar-refractivity contribution in [3.8, 4) is 5.88 Å². The van der Waals surface area contributed by atoms with Gasteiger partial charge in [-0.05, 0) is 18.9 Å². The quantitative estimate of drug-likeness (QED) is 0.862. The standard InChI is InChI=1S/C13H14FN3OS/c14-11-6-2-1-5-10(11)9-18-13-12(15-19-16-13)17-7-3-4-8-17/h1-2,5-6H,3-4,7-9H2. The predicted octanol–water partition coefficient (Wildman–Crippen LogP) is 2.86. The zero-order valence-corrected chi connectivity index (χ0v) is 11.2. The average molecular weight is 279 g/mol. The maximum atomic E-state index is 13.5. The number of halogens is 1. The van der Waals surface area contributed by atoms with E-state index in [1.165, 1.54) is 18.9 Å². The van der Waals surface area contributed by atoms with Crippen molar-refractivity contribution < 1.29 is 9.13 Å². The summed E-state index contributed by atoms with van der Waals surface area (Å²) in [6.07, 6.45) is 2.34. The number of nitrogens with zero attached hydrogens (tertiary/aromatic N) is 3. The fraction of sp³-hybridized carbons (Fsp3) is 0.385. The van der Waals surface area contributed by atoms with Crippen molar-refractivity contribution in [2.75, 3.05) is 18.0 Å². The molecule has 0 bridgehead atoms. The Kier molecular flexibility index (Phi) is 3.59. The zero-order chi connectivity index (χ0) is 13.1. The third-order valence-electron chi connectivity index (χ3n) is 3.17. The van der Waals surface area contributed by atoms with Crippen LogP contribution < -0.4 is 9.64 Å². The first-order valence-electron chi connectivity index (χ1n) is 6.28. The van der Waals surface area contributed by atoms with Crippen molar-refractivity contribution in [1.29, 1.82) is 0 Å². The minimum absolute atomic E-state index is 0.179. The minimum Gasteiger partial charge on any atom is -0.469 e. The van der Waals surface area contributed by atoms with Gasteiger partial charge in [-0.3, -0.25) is 0 Å². The molecule has 1 fully saturated rings. The number of benzene rings is 1. The van der Waals surface area contributed by atoms with E-state index in [4.69, 9.17) is 4.74 Å². The molecule has 0 atom stereocenters. The SMILES string of the molecule is Fc1ccccc1COc1nsnc1N1CCCC1. The molecule has 0 amide bonds. The van der Waals surface area contributed by atoms with Gasteiger partial charge >= 0.3 is 0 Å². The van der Waals surface area contributed by atoms with E-state index in [0.717, 1.165) is 30.6 Å². The molecule has 1 aliphatic heterocycles. The van der Waals surface area contributed by atoms with E-state index in [-0.39, 0.29) is 12.4 Å². The van der Waals surface area contributed by atoms with Crippen LogP contribution in [0, 0.1) is 5.82 Å². The van der Waals surface area contributed by atoms with Gasteiger partial charge in [0.25, 0.3) is 5.88 Å². The molecule has 0 aliphatic carbocycles. The molecule has 3 rings (SSSR count).